The van der Waals surface area contributed by atoms with E-state index in [0.29, 0.717) is 23.5 Å². The third-order valence-electron chi connectivity index (χ3n) is 6.43. The van der Waals surface area contributed by atoms with Crippen molar-refractivity contribution >= 4 is 22.6 Å². The first-order valence-corrected chi connectivity index (χ1v) is 12.4. The molecule has 2 aromatic rings. The maximum absolute atomic E-state index is 12.8. The fraction of sp³-hybridized carbons (Fsp3) is 0.615. The van der Waals surface area contributed by atoms with Crippen LogP contribution in [0.3, 0.4) is 0 Å². The average molecular weight is 440 g/mol. The molecule has 5 N–H and O–H groups in total. The van der Waals surface area contributed by atoms with Crippen LogP contribution in [0.4, 0.5) is 5.82 Å². The minimum absolute atomic E-state index is 0.196. The van der Waals surface area contributed by atoms with Crippen LogP contribution in [0.2, 0.25) is 0 Å². The van der Waals surface area contributed by atoms with Gasteiger partial charge in [0.1, 0.15) is 5.82 Å². The Labute approximate surface area is 193 Å². The van der Waals surface area contributed by atoms with E-state index in [9.17, 15) is 4.79 Å². The van der Waals surface area contributed by atoms with Crippen LogP contribution < -0.4 is 21.7 Å². The number of aryl methyl sites for hydroxylation is 1. The molecular weight excluding hydrogens is 398 g/mol. The highest BCUT2D eigenvalue weighted by Gasteiger charge is 2.18. The number of hydrogen-bond donors (Lipinski definition) is 4. The Balaban J connectivity index is 1.67. The molecular formula is C26H41N5O. The molecule has 1 fully saturated rings. The van der Waals surface area contributed by atoms with Crippen molar-refractivity contribution in [3.63, 3.8) is 0 Å². The van der Waals surface area contributed by atoms with Gasteiger partial charge in [-0.1, -0.05) is 50.7 Å². The van der Waals surface area contributed by atoms with Crippen LogP contribution in [0.15, 0.2) is 24.3 Å². The lowest BCUT2D eigenvalue weighted by Gasteiger charge is -2.27. The molecule has 6 heteroatoms. The highest BCUT2D eigenvalue weighted by molar-refractivity contribution is 6.02. The molecule has 0 saturated heterocycles. The summed E-state index contributed by atoms with van der Waals surface area (Å²) in [6.45, 7) is 6.82. The number of nitrogens with zero attached hydrogens (tertiary/aromatic N) is 1. The SMILES string of the molecule is CCC(CCNc1nc2ccc(C)cc2cc1C(=O)NC(C)N)NC1CCCCCCC1. The number of hydrogen-bond acceptors (Lipinski definition) is 5. The van der Waals surface area contributed by atoms with Gasteiger partial charge < -0.3 is 21.7 Å². The summed E-state index contributed by atoms with van der Waals surface area (Å²) in [5, 5.41) is 11.1. The van der Waals surface area contributed by atoms with Gasteiger partial charge in [0.15, 0.2) is 0 Å². The van der Waals surface area contributed by atoms with Gasteiger partial charge in [0, 0.05) is 24.0 Å². The van der Waals surface area contributed by atoms with Crippen LogP contribution in [-0.2, 0) is 0 Å². The van der Waals surface area contributed by atoms with Gasteiger partial charge in [0.05, 0.1) is 17.2 Å². The Kier molecular flexibility index (Phi) is 9.30. The van der Waals surface area contributed by atoms with E-state index in [4.69, 9.17) is 10.7 Å². The molecule has 176 valence electrons. The van der Waals surface area contributed by atoms with Crippen LogP contribution in [0, 0.1) is 6.92 Å². The predicted molar refractivity (Wildman–Crippen MR) is 134 cm³/mol. The molecule has 1 aromatic carbocycles. The van der Waals surface area contributed by atoms with Crippen molar-refractivity contribution in [1.29, 1.82) is 0 Å². The maximum Gasteiger partial charge on any atom is 0.256 e. The average Bonchev–Trinajstić information content (AvgIpc) is 2.73. The Bertz CT molecular complexity index is 874. The topological polar surface area (TPSA) is 92.1 Å². The quantitative estimate of drug-likeness (QED) is 0.419. The monoisotopic (exact) mass is 439 g/mol. The minimum Gasteiger partial charge on any atom is -0.369 e. The van der Waals surface area contributed by atoms with Crippen LogP contribution in [0.25, 0.3) is 10.9 Å². The molecule has 0 spiro atoms. The van der Waals surface area contributed by atoms with Gasteiger partial charge in [-0.2, -0.15) is 0 Å². The van der Waals surface area contributed by atoms with Gasteiger partial charge in [0.2, 0.25) is 0 Å². The molecule has 1 aromatic heterocycles. The largest absolute Gasteiger partial charge is 0.369 e. The summed E-state index contributed by atoms with van der Waals surface area (Å²) in [6, 6.07) is 9.13. The standard InChI is InChI=1S/C26H41N5O/c1-4-21(30-22-10-8-6-5-7-9-11-22)14-15-28-25-23(26(32)29-19(3)27)17-20-16-18(2)12-13-24(20)31-25/h12-13,16-17,19,21-22,30H,4-11,14-15,27H2,1-3H3,(H,28,31)(H,29,32). The lowest BCUT2D eigenvalue weighted by atomic mass is 9.95. The summed E-state index contributed by atoms with van der Waals surface area (Å²) in [5.74, 6) is 0.429. The number of fused-ring (bicyclic) bond motifs is 1. The Morgan fingerprint density at radius 2 is 1.88 bits per heavy atom. The number of amides is 1. The number of aromatic nitrogens is 1. The number of nitrogens with two attached hydrogens (primary N) is 1. The van der Waals surface area contributed by atoms with Gasteiger partial charge in [-0.15, -0.1) is 0 Å². The highest BCUT2D eigenvalue weighted by atomic mass is 16.1. The van der Waals surface area contributed by atoms with Gasteiger partial charge in [0.25, 0.3) is 5.91 Å². The van der Waals surface area contributed by atoms with E-state index in [2.05, 4.69) is 28.9 Å². The van der Waals surface area contributed by atoms with E-state index in [1.807, 2.05) is 25.1 Å². The van der Waals surface area contributed by atoms with Crippen molar-refractivity contribution in [3.8, 4) is 0 Å². The number of nitrogens with one attached hydrogen (secondary N) is 3. The summed E-state index contributed by atoms with van der Waals surface area (Å²) < 4.78 is 0. The van der Waals surface area contributed by atoms with E-state index in [1.54, 1.807) is 6.92 Å². The summed E-state index contributed by atoms with van der Waals surface area (Å²) in [4.78, 5) is 17.6. The van der Waals surface area contributed by atoms with Crippen LogP contribution in [-0.4, -0.2) is 35.7 Å². The Morgan fingerprint density at radius 1 is 1.16 bits per heavy atom. The Hall–Kier alpha value is -2.18. The first kappa shape index (κ1) is 24.5. The predicted octanol–water partition coefficient (Wildman–Crippen LogP) is 4.86. The number of carbonyl (C=O) groups is 1. The molecule has 0 aliphatic heterocycles. The molecule has 6 nitrogen and oxygen atoms in total. The molecule has 32 heavy (non-hydrogen) atoms. The number of benzene rings is 1. The van der Waals surface area contributed by atoms with E-state index in [0.717, 1.165) is 35.9 Å². The third kappa shape index (κ3) is 7.17. The zero-order valence-electron chi connectivity index (χ0n) is 20.0. The maximum atomic E-state index is 12.8. The highest BCUT2D eigenvalue weighted by Crippen LogP contribution is 2.23. The molecule has 1 aliphatic rings. The van der Waals surface area contributed by atoms with Gasteiger partial charge in [-0.3, -0.25) is 4.79 Å². The number of anilines is 1. The van der Waals surface area contributed by atoms with Crippen LogP contribution in [0.5, 0.6) is 0 Å². The van der Waals surface area contributed by atoms with E-state index in [1.165, 1.54) is 44.9 Å². The molecule has 1 saturated carbocycles. The number of carbonyl (C=O) groups excluding carboxylic acids is 1. The zero-order chi connectivity index (χ0) is 22.9. The molecule has 2 unspecified atom stereocenters. The second kappa shape index (κ2) is 12.2. The zero-order valence-corrected chi connectivity index (χ0v) is 20.0. The summed E-state index contributed by atoms with van der Waals surface area (Å²) in [6.07, 6.45) is 11.1. The molecule has 0 bridgehead atoms. The summed E-state index contributed by atoms with van der Waals surface area (Å²) >= 11 is 0. The van der Waals surface area contributed by atoms with Gasteiger partial charge in [-0.05, 0) is 57.7 Å². The molecule has 0 radical (unpaired) electrons. The van der Waals surface area contributed by atoms with Gasteiger partial charge >= 0.3 is 0 Å². The van der Waals surface area contributed by atoms with Crippen LogP contribution in [0.1, 0.15) is 87.6 Å². The molecule has 1 aliphatic carbocycles. The smallest absolute Gasteiger partial charge is 0.256 e. The van der Waals surface area contributed by atoms with Crippen molar-refractivity contribution in [3.05, 3.63) is 35.4 Å². The second-order valence-corrected chi connectivity index (χ2v) is 9.37. The van der Waals surface area contributed by atoms with Crippen molar-refractivity contribution in [2.75, 3.05) is 11.9 Å². The van der Waals surface area contributed by atoms with E-state index >= 15 is 0 Å². The fourth-order valence-electron chi connectivity index (χ4n) is 4.61. The normalized spacial score (nSPS) is 17.4. The van der Waals surface area contributed by atoms with Crippen molar-refractivity contribution in [2.45, 2.75) is 96.8 Å². The lowest BCUT2D eigenvalue weighted by molar-refractivity contribution is 0.0942. The van der Waals surface area contributed by atoms with Crippen molar-refractivity contribution < 1.29 is 4.79 Å². The minimum atomic E-state index is -0.416. The van der Waals surface area contributed by atoms with Crippen LogP contribution >= 0.6 is 0 Å². The molecule has 1 heterocycles. The Morgan fingerprint density at radius 3 is 2.56 bits per heavy atom. The third-order valence-corrected chi connectivity index (χ3v) is 6.43. The number of rotatable bonds is 9. The first-order chi connectivity index (χ1) is 15.5. The number of pyridine rings is 1. The van der Waals surface area contributed by atoms with Crippen molar-refractivity contribution in [1.82, 2.24) is 15.6 Å². The second-order valence-electron chi connectivity index (χ2n) is 9.37. The van der Waals surface area contributed by atoms with E-state index < -0.39 is 6.17 Å². The fourth-order valence-corrected chi connectivity index (χ4v) is 4.61. The van der Waals surface area contributed by atoms with Gasteiger partial charge in [-0.25, -0.2) is 4.98 Å². The first-order valence-electron chi connectivity index (χ1n) is 12.4. The van der Waals surface area contributed by atoms with Crippen molar-refractivity contribution in [2.24, 2.45) is 5.73 Å². The summed E-state index contributed by atoms with van der Waals surface area (Å²) in [5.41, 5.74) is 8.37. The molecule has 1 amide bonds. The molecule has 3 rings (SSSR count). The summed E-state index contributed by atoms with van der Waals surface area (Å²) in [7, 11) is 0. The molecule has 2 atom stereocenters. The lowest BCUT2D eigenvalue weighted by Crippen LogP contribution is -2.40. The van der Waals surface area contributed by atoms with E-state index in [-0.39, 0.29) is 5.91 Å².